The summed E-state index contributed by atoms with van der Waals surface area (Å²) in [6.45, 7) is 1.74. The zero-order valence-electron chi connectivity index (χ0n) is 14.9. The second kappa shape index (κ2) is 7.87. The Morgan fingerprint density at radius 2 is 2.00 bits per heavy atom. The van der Waals surface area contributed by atoms with Gasteiger partial charge in [-0.15, -0.1) is 11.3 Å². The molecule has 28 heavy (non-hydrogen) atoms. The number of fused-ring (bicyclic) bond motifs is 1. The minimum absolute atomic E-state index is 0.00457. The molecule has 140 valence electrons. The highest BCUT2D eigenvalue weighted by molar-refractivity contribution is 7.16. The molecule has 0 saturated carbocycles. The summed E-state index contributed by atoms with van der Waals surface area (Å²) in [5.74, 6) is -0.467. The molecule has 0 aliphatic rings. The Labute approximate surface area is 168 Å². The predicted molar refractivity (Wildman–Crippen MR) is 110 cm³/mol. The lowest BCUT2D eigenvalue weighted by Crippen LogP contribution is -2.14. The van der Waals surface area contributed by atoms with Crippen LogP contribution in [0.15, 0.2) is 59.4 Å². The number of carbonyl (C=O) groups excluding carboxylic acids is 1. The summed E-state index contributed by atoms with van der Waals surface area (Å²) in [5.41, 5.74) is 1.53. The zero-order chi connectivity index (χ0) is 19.5. The highest BCUT2D eigenvalue weighted by atomic mass is 32.1. The lowest BCUT2D eigenvalue weighted by molar-refractivity contribution is -0.138. The molecule has 0 amide bonds. The second-order valence-electron chi connectivity index (χ2n) is 5.94. The molecule has 0 radical (unpaired) electrons. The molecular weight excluding hydrogens is 394 g/mol. The van der Waals surface area contributed by atoms with Crippen molar-refractivity contribution in [3.05, 3.63) is 80.5 Å². The number of hydrogen-bond acceptors (Lipinski definition) is 7. The number of thiophene rings is 1. The Kier molecular flexibility index (Phi) is 5.14. The van der Waals surface area contributed by atoms with Crippen LogP contribution in [0.25, 0.3) is 21.5 Å². The Bertz CT molecular complexity index is 1220. The van der Waals surface area contributed by atoms with E-state index in [1.165, 1.54) is 28.0 Å². The second-order valence-corrected chi connectivity index (χ2v) is 8.09. The summed E-state index contributed by atoms with van der Waals surface area (Å²) in [7, 11) is 0. The van der Waals surface area contributed by atoms with Crippen molar-refractivity contribution in [2.24, 2.45) is 0 Å². The first kappa shape index (κ1) is 18.3. The molecule has 0 spiro atoms. The van der Waals surface area contributed by atoms with Crippen LogP contribution in [0.4, 0.5) is 0 Å². The molecule has 0 fully saturated rings. The van der Waals surface area contributed by atoms with Crippen LogP contribution in [0.5, 0.6) is 0 Å². The fraction of sp³-hybridized carbons (Fsp3) is 0.100. The van der Waals surface area contributed by atoms with Crippen LogP contribution in [0.1, 0.15) is 15.6 Å². The molecular formula is C20H15N3O3S2. The smallest absolute Gasteiger partial charge is 0.331 e. The van der Waals surface area contributed by atoms with Crippen molar-refractivity contribution >= 4 is 39.7 Å². The van der Waals surface area contributed by atoms with E-state index < -0.39 is 5.97 Å². The van der Waals surface area contributed by atoms with E-state index in [1.54, 1.807) is 24.3 Å². The highest BCUT2D eigenvalue weighted by Gasteiger charge is 2.09. The minimum atomic E-state index is -0.467. The number of carbonyl (C=O) groups is 1. The van der Waals surface area contributed by atoms with E-state index >= 15 is 0 Å². The van der Waals surface area contributed by atoms with Crippen molar-refractivity contribution < 1.29 is 9.53 Å². The van der Waals surface area contributed by atoms with Crippen LogP contribution >= 0.6 is 22.7 Å². The number of esters is 1. The van der Waals surface area contributed by atoms with Crippen molar-refractivity contribution in [2.45, 2.75) is 13.5 Å². The predicted octanol–water partition coefficient (Wildman–Crippen LogP) is 3.94. The Hall–Kier alpha value is -3.10. The molecule has 0 aliphatic heterocycles. The van der Waals surface area contributed by atoms with E-state index in [0.29, 0.717) is 15.7 Å². The van der Waals surface area contributed by atoms with Crippen LogP contribution < -0.4 is 5.56 Å². The van der Waals surface area contributed by atoms with Crippen LogP contribution in [0.2, 0.25) is 0 Å². The number of rotatable bonds is 5. The van der Waals surface area contributed by atoms with E-state index in [9.17, 15) is 9.59 Å². The molecule has 3 aromatic heterocycles. The fourth-order valence-electron chi connectivity index (χ4n) is 2.55. The molecule has 4 rings (SSSR count). The van der Waals surface area contributed by atoms with Gasteiger partial charge in [-0.3, -0.25) is 4.79 Å². The summed E-state index contributed by atoms with van der Waals surface area (Å²) >= 11 is 2.82. The molecule has 0 saturated heterocycles. The third-order valence-electron chi connectivity index (χ3n) is 3.82. The first-order chi connectivity index (χ1) is 13.6. The molecule has 0 aliphatic carbocycles. The molecule has 0 unspecified atom stereocenters. The molecule has 6 nitrogen and oxygen atoms in total. The van der Waals surface area contributed by atoms with Gasteiger partial charge in [-0.2, -0.15) is 9.61 Å². The van der Waals surface area contributed by atoms with Gasteiger partial charge < -0.3 is 4.74 Å². The summed E-state index contributed by atoms with van der Waals surface area (Å²) in [4.78, 5) is 30.7. The van der Waals surface area contributed by atoms with Gasteiger partial charge >= 0.3 is 5.97 Å². The van der Waals surface area contributed by atoms with E-state index in [4.69, 9.17) is 4.74 Å². The van der Waals surface area contributed by atoms with Crippen LogP contribution in [-0.2, 0) is 16.1 Å². The lowest BCUT2D eigenvalue weighted by Gasteiger charge is -1.97. The van der Waals surface area contributed by atoms with E-state index in [-0.39, 0.29) is 12.2 Å². The average Bonchev–Trinajstić information content (AvgIpc) is 3.32. The van der Waals surface area contributed by atoms with E-state index in [2.05, 4.69) is 10.1 Å². The number of hydrogen-bond donors (Lipinski definition) is 0. The molecule has 1 aromatic carbocycles. The van der Waals surface area contributed by atoms with Gasteiger partial charge in [0.05, 0.1) is 0 Å². The molecule has 0 N–H and O–H groups in total. The quantitative estimate of drug-likeness (QED) is 0.369. The third kappa shape index (κ3) is 4.08. The topological polar surface area (TPSA) is 73.6 Å². The highest BCUT2D eigenvalue weighted by Crippen LogP contribution is 2.28. The van der Waals surface area contributed by atoms with Gasteiger partial charge in [0.15, 0.2) is 5.01 Å². The molecule has 4 aromatic rings. The van der Waals surface area contributed by atoms with Crippen LogP contribution in [-0.4, -0.2) is 20.6 Å². The maximum absolute atomic E-state index is 12.0. The number of nitrogens with zero attached hydrogens (tertiary/aromatic N) is 3. The van der Waals surface area contributed by atoms with E-state index in [1.807, 2.05) is 42.5 Å². The van der Waals surface area contributed by atoms with Gasteiger partial charge in [0, 0.05) is 27.6 Å². The summed E-state index contributed by atoms with van der Waals surface area (Å²) in [5, 5.41) is 4.65. The molecule has 3 heterocycles. The van der Waals surface area contributed by atoms with Crippen molar-refractivity contribution in [1.82, 2.24) is 14.6 Å². The third-order valence-corrected chi connectivity index (χ3v) is 5.80. The van der Waals surface area contributed by atoms with Gasteiger partial charge in [0.25, 0.3) is 5.56 Å². The first-order valence-corrected chi connectivity index (χ1v) is 10.1. The normalized spacial score (nSPS) is 11.3. The summed E-state index contributed by atoms with van der Waals surface area (Å²) in [6.07, 6.45) is 3.12. The summed E-state index contributed by atoms with van der Waals surface area (Å²) in [6, 6.07) is 15.5. The van der Waals surface area contributed by atoms with Crippen LogP contribution in [0, 0.1) is 6.92 Å². The number of aryl methyl sites for hydroxylation is 1. The standard InChI is InChI=1S/C20H15N3O3S2/c1-13-11-18(24)23-20(21-13)28-17(22-23)12-26-19(25)10-8-15-7-9-16(27-15)14-5-3-2-4-6-14/h2-11H,12H2,1H3/b10-8+. The lowest BCUT2D eigenvalue weighted by atomic mass is 10.2. The van der Waals surface area contributed by atoms with E-state index in [0.717, 1.165) is 15.3 Å². The first-order valence-electron chi connectivity index (χ1n) is 8.45. The minimum Gasteiger partial charge on any atom is -0.455 e. The fourth-order valence-corrected chi connectivity index (χ4v) is 4.32. The monoisotopic (exact) mass is 409 g/mol. The molecule has 0 atom stereocenters. The average molecular weight is 409 g/mol. The Morgan fingerprint density at radius 1 is 1.18 bits per heavy atom. The Morgan fingerprint density at radius 3 is 2.82 bits per heavy atom. The van der Waals surface area contributed by atoms with Gasteiger partial charge in [-0.1, -0.05) is 41.7 Å². The van der Waals surface area contributed by atoms with Crippen LogP contribution in [0.3, 0.4) is 0 Å². The summed E-state index contributed by atoms with van der Waals surface area (Å²) < 4.78 is 6.44. The maximum Gasteiger partial charge on any atom is 0.331 e. The number of aromatic nitrogens is 3. The van der Waals surface area contributed by atoms with Gasteiger partial charge in [0.2, 0.25) is 4.96 Å². The number of benzene rings is 1. The largest absolute Gasteiger partial charge is 0.455 e. The van der Waals surface area contributed by atoms with Gasteiger partial charge in [-0.05, 0) is 30.7 Å². The van der Waals surface area contributed by atoms with Crippen molar-refractivity contribution in [3.8, 4) is 10.4 Å². The van der Waals surface area contributed by atoms with Crippen molar-refractivity contribution in [2.75, 3.05) is 0 Å². The number of ether oxygens (including phenoxy) is 1. The van der Waals surface area contributed by atoms with Crippen molar-refractivity contribution in [3.63, 3.8) is 0 Å². The van der Waals surface area contributed by atoms with Gasteiger partial charge in [0.1, 0.15) is 6.61 Å². The molecule has 8 heteroatoms. The SMILES string of the molecule is Cc1cc(=O)n2nc(COC(=O)/C=C/c3ccc(-c4ccccc4)s3)sc2n1. The molecule has 0 bridgehead atoms. The Balaban J connectivity index is 1.39. The van der Waals surface area contributed by atoms with Gasteiger partial charge in [-0.25, -0.2) is 9.78 Å². The van der Waals surface area contributed by atoms with Crippen molar-refractivity contribution in [1.29, 1.82) is 0 Å². The maximum atomic E-state index is 12.0. The zero-order valence-corrected chi connectivity index (χ0v) is 16.5.